The minimum absolute atomic E-state index is 0.00695. The summed E-state index contributed by atoms with van der Waals surface area (Å²) in [6, 6.07) is 0. The van der Waals surface area contributed by atoms with Gasteiger partial charge >= 0.3 is 0 Å². The van der Waals surface area contributed by atoms with Gasteiger partial charge < -0.3 is 19.9 Å². The average Bonchev–Trinajstić information content (AvgIpc) is 2.47. The zero-order valence-corrected chi connectivity index (χ0v) is 14.3. The molecule has 0 unspecified atom stereocenters. The van der Waals surface area contributed by atoms with Gasteiger partial charge in [-0.2, -0.15) is 0 Å². The molecule has 0 radical (unpaired) electrons. The summed E-state index contributed by atoms with van der Waals surface area (Å²) < 4.78 is 5.32. The molecule has 21 heavy (non-hydrogen) atoms. The number of hydrogen-bond donors (Lipinski definition) is 1. The van der Waals surface area contributed by atoms with Crippen molar-refractivity contribution in [2.24, 2.45) is 4.99 Å². The van der Waals surface area contributed by atoms with Crippen molar-refractivity contribution in [3.8, 4) is 0 Å². The number of amides is 1. The first kappa shape index (κ1) is 19.7. The van der Waals surface area contributed by atoms with Crippen LogP contribution in [0.5, 0.6) is 0 Å². The normalized spacial score (nSPS) is 11.4. The number of carbonyl (C=O) groups is 1. The lowest BCUT2D eigenvalue weighted by Crippen LogP contribution is -2.41. The topological polar surface area (TPSA) is 57.2 Å². The maximum Gasteiger partial charge on any atom is 0.243 e. The standard InChI is InChI=1S/C15H32N4O2/c1-6-8-11-19(5)15(16-10-9-12-21-7-2)17-13-14(20)18(3)4/h6-13H2,1-5H3,(H,16,17). The summed E-state index contributed by atoms with van der Waals surface area (Å²) in [5, 5.41) is 3.31. The molecule has 1 amide bonds. The fourth-order valence-electron chi connectivity index (χ4n) is 1.62. The van der Waals surface area contributed by atoms with Crippen molar-refractivity contribution in [1.29, 1.82) is 0 Å². The van der Waals surface area contributed by atoms with Crippen LogP contribution in [-0.4, -0.2) is 75.7 Å². The molecule has 0 spiro atoms. The Bertz CT molecular complexity index is 306. The van der Waals surface area contributed by atoms with Gasteiger partial charge in [-0.25, -0.2) is 4.99 Å². The second-order valence-corrected chi connectivity index (χ2v) is 5.18. The predicted molar refractivity (Wildman–Crippen MR) is 87.6 cm³/mol. The minimum atomic E-state index is 0.00695. The first-order valence-electron chi connectivity index (χ1n) is 7.80. The Hall–Kier alpha value is -1.30. The Morgan fingerprint density at radius 1 is 1.19 bits per heavy atom. The van der Waals surface area contributed by atoms with E-state index in [-0.39, 0.29) is 12.5 Å². The Balaban J connectivity index is 4.38. The molecule has 0 aliphatic rings. The van der Waals surface area contributed by atoms with Crippen LogP contribution in [-0.2, 0) is 9.53 Å². The lowest BCUT2D eigenvalue weighted by molar-refractivity contribution is -0.127. The quantitative estimate of drug-likeness (QED) is 0.374. The van der Waals surface area contributed by atoms with Crippen LogP contribution in [0, 0.1) is 0 Å². The van der Waals surface area contributed by atoms with Gasteiger partial charge in [-0.15, -0.1) is 0 Å². The van der Waals surface area contributed by atoms with E-state index < -0.39 is 0 Å². The fourth-order valence-corrected chi connectivity index (χ4v) is 1.62. The molecular formula is C15H32N4O2. The number of unbranched alkanes of at least 4 members (excludes halogenated alkanes) is 1. The van der Waals surface area contributed by atoms with E-state index >= 15 is 0 Å². The molecule has 0 bridgehead atoms. The van der Waals surface area contributed by atoms with Crippen molar-refractivity contribution in [1.82, 2.24) is 15.1 Å². The maximum absolute atomic E-state index is 11.7. The number of hydrogen-bond acceptors (Lipinski definition) is 3. The second-order valence-electron chi connectivity index (χ2n) is 5.18. The summed E-state index contributed by atoms with van der Waals surface area (Å²) in [4.78, 5) is 19.7. The van der Waals surface area contributed by atoms with Gasteiger partial charge in [-0.1, -0.05) is 13.3 Å². The summed E-state index contributed by atoms with van der Waals surface area (Å²) in [5.41, 5.74) is 0. The first-order valence-corrected chi connectivity index (χ1v) is 7.80. The van der Waals surface area contributed by atoms with E-state index in [9.17, 15) is 4.79 Å². The molecule has 0 aliphatic carbocycles. The zero-order valence-electron chi connectivity index (χ0n) is 14.3. The Morgan fingerprint density at radius 3 is 2.48 bits per heavy atom. The van der Waals surface area contributed by atoms with Crippen LogP contribution in [0.3, 0.4) is 0 Å². The molecule has 0 aromatic carbocycles. The summed E-state index contributed by atoms with van der Waals surface area (Å²) in [7, 11) is 5.49. The third kappa shape index (κ3) is 10.1. The third-order valence-electron chi connectivity index (χ3n) is 3.02. The molecule has 6 nitrogen and oxygen atoms in total. The van der Waals surface area contributed by atoms with Crippen molar-refractivity contribution in [2.45, 2.75) is 33.1 Å². The van der Waals surface area contributed by atoms with Crippen LogP contribution >= 0.6 is 0 Å². The van der Waals surface area contributed by atoms with E-state index in [1.165, 1.54) is 0 Å². The number of ether oxygens (including phenoxy) is 1. The lowest BCUT2D eigenvalue weighted by Gasteiger charge is -2.22. The predicted octanol–water partition coefficient (Wildman–Crippen LogP) is 1.18. The number of likely N-dealkylation sites (N-methyl/N-ethyl adjacent to an activating group) is 1. The van der Waals surface area contributed by atoms with Crippen LogP contribution in [0.15, 0.2) is 4.99 Å². The summed E-state index contributed by atoms with van der Waals surface area (Å²) in [6.45, 7) is 7.55. The van der Waals surface area contributed by atoms with Gasteiger partial charge in [0.05, 0.1) is 0 Å². The molecule has 0 saturated carbocycles. The minimum Gasteiger partial charge on any atom is -0.382 e. The molecule has 0 heterocycles. The van der Waals surface area contributed by atoms with Crippen molar-refractivity contribution in [2.75, 3.05) is 54.0 Å². The molecule has 6 heteroatoms. The Labute approximate surface area is 129 Å². The highest BCUT2D eigenvalue weighted by molar-refractivity contribution is 5.84. The van der Waals surface area contributed by atoms with Crippen LogP contribution < -0.4 is 5.32 Å². The summed E-state index contributed by atoms with van der Waals surface area (Å²) in [6.07, 6.45) is 3.17. The van der Waals surface area contributed by atoms with Gasteiger partial charge in [0, 0.05) is 47.4 Å². The third-order valence-corrected chi connectivity index (χ3v) is 3.02. The SMILES string of the molecule is CCCCN(C)C(=NCC(=O)N(C)C)NCCCOCC. The Morgan fingerprint density at radius 2 is 1.90 bits per heavy atom. The molecule has 0 atom stereocenters. The maximum atomic E-state index is 11.7. The molecule has 0 fully saturated rings. The number of nitrogens with one attached hydrogen (secondary N) is 1. The Kier molecular flexibility index (Phi) is 11.7. The smallest absolute Gasteiger partial charge is 0.243 e. The van der Waals surface area contributed by atoms with E-state index in [1.807, 2.05) is 14.0 Å². The van der Waals surface area contributed by atoms with E-state index in [0.717, 1.165) is 51.5 Å². The fraction of sp³-hybridized carbons (Fsp3) is 0.867. The highest BCUT2D eigenvalue weighted by atomic mass is 16.5. The van der Waals surface area contributed by atoms with Crippen molar-refractivity contribution in [3.05, 3.63) is 0 Å². The number of aliphatic imine (C=N–C) groups is 1. The second kappa shape index (κ2) is 12.4. The summed E-state index contributed by atoms with van der Waals surface area (Å²) >= 11 is 0. The highest BCUT2D eigenvalue weighted by Gasteiger charge is 2.08. The molecule has 0 saturated heterocycles. The molecule has 0 rings (SSSR count). The van der Waals surface area contributed by atoms with Gasteiger partial charge in [-0.05, 0) is 19.8 Å². The highest BCUT2D eigenvalue weighted by Crippen LogP contribution is 1.94. The van der Waals surface area contributed by atoms with E-state index in [0.29, 0.717) is 0 Å². The van der Waals surface area contributed by atoms with Gasteiger partial charge in [0.2, 0.25) is 5.91 Å². The molecule has 0 aromatic heterocycles. The molecule has 0 aliphatic heterocycles. The van der Waals surface area contributed by atoms with E-state index in [4.69, 9.17) is 4.74 Å². The zero-order chi connectivity index (χ0) is 16.1. The molecular weight excluding hydrogens is 268 g/mol. The molecule has 1 N–H and O–H groups in total. The first-order chi connectivity index (χ1) is 10.0. The van der Waals surface area contributed by atoms with Gasteiger partial charge in [-0.3, -0.25) is 4.79 Å². The van der Waals surface area contributed by atoms with Crippen molar-refractivity contribution >= 4 is 11.9 Å². The van der Waals surface area contributed by atoms with Crippen molar-refractivity contribution in [3.63, 3.8) is 0 Å². The average molecular weight is 300 g/mol. The van der Waals surface area contributed by atoms with Crippen LogP contribution in [0.4, 0.5) is 0 Å². The van der Waals surface area contributed by atoms with Crippen LogP contribution in [0.1, 0.15) is 33.1 Å². The lowest BCUT2D eigenvalue weighted by atomic mass is 10.3. The van der Waals surface area contributed by atoms with Gasteiger partial charge in [0.15, 0.2) is 5.96 Å². The number of rotatable bonds is 10. The number of carbonyl (C=O) groups excluding carboxylic acids is 1. The largest absolute Gasteiger partial charge is 0.382 e. The molecule has 124 valence electrons. The summed E-state index contributed by atoms with van der Waals surface area (Å²) in [5.74, 6) is 0.794. The molecule has 0 aromatic rings. The van der Waals surface area contributed by atoms with Gasteiger partial charge in [0.1, 0.15) is 6.54 Å². The van der Waals surface area contributed by atoms with E-state index in [1.54, 1.807) is 19.0 Å². The van der Waals surface area contributed by atoms with Crippen LogP contribution in [0.25, 0.3) is 0 Å². The number of nitrogens with zero attached hydrogens (tertiary/aromatic N) is 3. The van der Waals surface area contributed by atoms with Crippen molar-refractivity contribution < 1.29 is 9.53 Å². The van der Waals surface area contributed by atoms with Crippen LogP contribution in [0.2, 0.25) is 0 Å². The number of guanidine groups is 1. The monoisotopic (exact) mass is 300 g/mol. The van der Waals surface area contributed by atoms with E-state index in [2.05, 4.69) is 22.1 Å². The van der Waals surface area contributed by atoms with Gasteiger partial charge in [0.25, 0.3) is 0 Å².